The summed E-state index contributed by atoms with van der Waals surface area (Å²) in [5, 5.41) is 17.4. The van der Waals surface area contributed by atoms with Gasteiger partial charge in [0.05, 0.1) is 0 Å². The highest BCUT2D eigenvalue weighted by Gasteiger charge is 2.42. The summed E-state index contributed by atoms with van der Waals surface area (Å²) < 4.78 is 0. The quantitative estimate of drug-likeness (QED) is 0.370. The molecular formula is C26H37N5O6. The smallest absolute Gasteiger partial charge is 0.407 e. The van der Waals surface area contributed by atoms with E-state index >= 15 is 0 Å². The van der Waals surface area contributed by atoms with Crippen LogP contribution in [0.25, 0.3) is 0 Å². The Morgan fingerprint density at radius 2 is 1.92 bits per heavy atom. The predicted molar refractivity (Wildman–Crippen MR) is 138 cm³/mol. The summed E-state index contributed by atoms with van der Waals surface area (Å²) in [6.45, 7) is 10.8. The van der Waals surface area contributed by atoms with Gasteiger partial charge in [0.2, 0.25) is 23.6 Å². The minimum Gasteiger partial charge on any atom is -0.465 e. The van der Waals surface area contributed by atoms with Crippen LogP contribution in [0.5, 0.6) is 0 Å². The van der Waals surface area contributed by atoms with Gasteiger partial charge in [0.25, 0.3) is 0 Å². The Bertz CT molecular complexity index is 1050. The van der Waals surface area contributed by atoms with Crippen molar-refractivity contribution < 1.29 is 29.1 Å². The zero-order valence-electron chi connectivity index (χ0n) is 22.0. The molecule has 11 nitrogen and oxygen atoms in total. The number of benzene rings is 1. The minimum absolute atomic E-state index is 0.202. The monoisotopic (exact) mass is 515 g/mol. The summed E-state index contributed by atoms with van der Waals surface area (Å²) in [4.78, 5) is 64.5. The van der Waals surface area contributed by atoms with Crippen LogP contribution < -0.4 is 16.0 Å². The molecule has 5 amide bonds. The molecule has 1 aromatic carbocycles. The Hall–Kier alpha value is -3.89. The summed E-state index contributed by atoms with van der Waals surface area (Å²) in [6.07, 6.45) is 1.02. The molecular weight excluding hydrogens is 478 g/mol. The Balaban J connectivity index is 2.10. The molecule has 1 saturated heterocycles. The van der Waals surface area contributed by atoms with Crippen LogP contribution >= 0.6 is 0 Å². The second-order valence-electron chi connectivity index (χ2n) is 10.2. The van der Waals surface area contributed by atoms with Gasteiger partial charge in [-0.25, -0.2) is 4.79 Å². The van der Waals surface area contributed by atoms with Gasteiger partial charge in [0, 0.05) is 25.8 Å². The topological polar surface area (TPSA) is 148 Å². The molecule has 1 aromatic rings. The van der Waals surface area contributed by atoms with E-state index in [0.717, 1.165) is 10.5 Å². The highest BCUT2D eigenvalue weighted by Crippen LogP contribution is 2.26. The summed E-state index contributed by atoms with van der Waals surface area (Å²) in [6, 6.07) is 4.37. The maximum Gasteiger partial charge on any atom is 0.407 e. The van der Waals surface area contributed by atoms with E-state index in [2.05, 4.69) is 22.5 Å². The summed E-state index contributed by atoms with van der Waals surface area (Å²) >= 11 is 0. The van der Waals surface area contributed by atoms with E-state index in [4.69, 9.17) is 0 Å². The summed E-state index contributed by atoms with van der Waals surface area (Å²) in [5.74, 6) is -1.64. The van der Waals surface area contributed by atoms with Crippen molar-refractivity contribution in [3.05, 3.63) is 42.5 Å². The van der Waals surface area contributed by atoms with Gasteiger partial charge in [0.1, 0.15) is 18.1 Å². The molecule has 0 spiro atoms. The standard InChI is InChI=1S/C26H37N5O6/c1-7-20(32)28-18-11-8-10-17(14-18)15-27-23(34)19-12-9-13-31(19)24(35)21(26(3,4)5)29-22(33)16(2)30(6)25(36)37/h7-8,10-11,14,16,19,21H,1,9,12-13,15H2,2-6H3,(H,27,34)(H,28,32)(H,29,33)(H,36,37)/t16-,19-,21+/m0/s1. The average Bonchev–Trinajstić information content (AvgIpc) is 3.34. The highest BCUT2D eigenvalue weighted by atomic mass is 16.4. The Kier molecular flexibility index (Phi) is 9.81. The predicted octanol–water partition coefficient (Wildman–Crippen LogP) is 1.95. The third kappa shape index (κ3) is 7.80. The molecule has 11 heteroatoms. The summed E-state index contributed by atoms with van der Waals surface area (Å²) in [7, 11) is 1.28. The lowest BCUT2D eigenvalue weighted by atomic mass is 9.85. The van der Waals surface area contributed by atoms with Crippen molar-refractivity contribution in [2.24, 2.45) is 5.41 Å². The van der Waals surface area contributed by atoms with Gasteiger partial charge in [-0.15, -0.1) is 0 Å². The number of nitrogens with one attached hydrogen (secondary N) is 3. The van der Waals surface area contributed by atoms with Gasteiger partial charge in [-0.05, 0) is 49.0 Å². The molecule has 1 heterocycles. The lowest BCUT2D eigenvalue weighted by Crippen LogP contribution is -2.60. The number of amides is 5. The zero-order valence-corrected chi connectivity index (χ0v) is 22.0. The first kappa shape index (κ1) is 29.3. The molecule has 0 aliphatic carbocycles. The number of nitrogens with zero attached hydrogens (tertiary/aromatic N) is 2. The van der Waals surface area contributed by atoms with E-state index in [9.17, 15) is 29.1 Å². The van der Waals surface area contributed by atoms with Gasteiger partial charge in [-0.1, -0.05) is 39.5 Å². The molecule has 1 aliphatic heterocycles. The van der Waals surface area contributed by atoms with E-state index in [1.54, 1.807) is 39.0 Å². The molecule has 0 bridgehead atoms. The van der Waals surface area contributed by atoms with E-state index in [0.29, 0.717) is 25.1 Å². The van der Waals surface area contributed by atoms with Gasteiger partial charge in [-0.3, -0.25) is 24.1 Å². The van der Waals surface area contributed by atoms with Crippen LogP contribution in [0.15, 0.2) is 36.9 Å². The first-order valence-corrected chi connectivity index (χ1v) is 12.1. The number of hydrogen-bond acceptors (Lipinski definition) is 5. The average molecular weight is 516 g/mol. The minimum atomic E-state index is -1.26. The van der Waals surface area contributed by atoms with Crippen molar-refractivity contribution in [2.75, 3.05) is 18.9 Å². The second kappa shape index (κ2) is 12.4. The van der Waals surface area contributed by atoms with Crippen LogP contribution in [0, 0.1) is 5.41 Å². The molecule has 3 atom stereocenters. The number of carbonyl (C=O) groups is 5. The number of likely N-dealkylation sites (tertiary alicyclic amines) is 1. The van der Waals surface area contributed by atoms with E-state index in [-0.39, 0.29) is 18.4 Å². The fourth-order valence-electron chi connectivity index (χ4n) is 3.98. The normalized spacial score (nSPS) is 16.8. The van der Waals surface area contributed by atoms with E-state index in [1.165, 1.54) is 24.9 Å². The van der Waals surface area contributed by atoms with Crippen molar-refractivity contribution in [1.29, 1.82) is 0 Å². The number of likely N-dealkylation sites (N-methyl/N-ethyl adjacent to an activating group) is 1. The van der Waals surface area contributed by atoms with Gasteiger partial charge < -0.3 is 26.0 Å². The van der Waals surface area contributed by atoms with Crippen LogP contribution in [0.2, 0.25) is 0 Å². The maximum atomic E-state index is 13.6. The number of anilines is 1. The van der Waals surface area contributed by atoms with Crippen molar-refractivity contribution in [3.8, 4) is 0 Å². The SMILES string of the molecule is C=CC(=O)Nc1cccc(CNC(=O)[C@@H]2CCCN2C(=O)[C@@H](NC(=O)[C@H](C)N(C)C(=O)O)C(C)(C)C)c1. The lowest BCUT2D eigenvalue weighted by molar-refractivity contribution is -0.144. The fourth-order valence-corrected chi connectivity index (χ4v) is 3.98. The molecule has 37 heavy (non-hydrogen) atoms. The Morgan fingerprint density at radius 3 is 2.51 bits per heavy atom. The third-order valence-corrected chi connectivity index (χ3v) is 6.35. The van der Waals surface area contributed by atoms with Gasteiger partial charge in [0.15, 0.2) is 0 Å². The first-order chi connectivity index (χ1) is 17.3. The number of rotatable bonds is 9. The number of carboxylic acid groups (broad SMARTS) is 1. The van der Waals surface area contributed by atoms with Gasteiger partial charge >= 0.3 is 6.09 Å². The van der Waals surface area contributed by atoms with Crippen LogP contribution in [0.4, 0.5) is 10.5 Å². The van der Waals surface area contributed by atoms with Crippen LogP contribution in [-0.4, -0.2) is 76.3 Å². The number of hydrogen-bond donors (Lipinski definition) is 4. The van der Waals surface area contributed by atoms with Crippen molar-refractivity contribution in [2.45, 2.75) is 65.2 Å². The number of carbonyl (C=O) groups excluding carboxylic acids is 4. The second-order valence-corrected chi connectivity index (χ2v) is 10.2. The van der Waals surface area contributed by atoms with E-state index < -0.39 is 41.4 Å². The molecule has 1 aliphatic rings. The Morgan fingerprint density at radius 1 is 1.24 bits per heavy atom. The van der Waals surface area contributed by atoms with Crippen molar-refractivity contribution in [1.82, 2.24) is 20.4 Å². The van der Waals surface area contributed by atoms with Crippen molar-refractivity contribution >= 4 is 35.4 Å². The van der Waals surface area contributed by atoms with E-state index in [1.807, 2.05) is 6.07 Å². The molecule has 4 N–H and O–H groups in total. The van der Waals surface area contributed by atoms with Crippen LogP contribution in [0.1, 0.15) is 46.1 Å². The molecule has 1 fully saturated rings. The molecule has 0 unspecified atom stereocenters. The summed E-state index contributed by atoms with van der Waals surface area (Å²) in [5.41, 5.74) is 0.650. The van der Waals surface area contributed by atoms with Crippen LogP contribution in [-0.2, 0) is 25.7 Å². The molecule has 2 rings (SSSR count). The van der Waals surface area contributed by atoms with Crippen LogP contribution in [0.3, 0.4) is 0 Å². The maximum absolute atomic E-state index is 13.6. The zero-order chi connectivity index (χ0) is 27.9. The molecule has 202 valence electrons. The first-order valence-electron chi connectivity index (χ1n) is 12.1. The van der Waals surface area contributed by atoms with Gasteiger partial charge in [-0.2, -0.15) is 0 Å². The largest absolute Gasteiger partial charge is 0.465 e. The molecule has 0 radical (unpaired) electrons. The van der Waals surface area contributed by atoms with Crippen molar-refractivity contribution in [3.63, 3.8) is 0 Å². The molecule has 0 saturated carbocycles. The molecule has 0 aromatic heterocycles. The third-order valence-electron chi connectivity index (χ3n) is 6.35. The lowest BCUT2D eigenvalue weighted by Gasteiger charge is -2.36. The highest BCUT2D eigenvalue weighted by molar-refractivity contribution is 5.99. The fraction of sp³-hybridized carbons (Fsp3) is 0.500. The Labute approximate surface area is 217 Å².